The Balaban J connectivity index is 1.53. The van der Waals surface area contributed by atoms with Gasteiger partial charge in [-0.25, -0.2) is 4.98 Å². The largest absolute Gasteiger partial charge is 0.326 e. The molecule has 0 radical (unpaired) electrons. The summed E-state index contributed by atoms with van der Waals surface area (Å²) in [7, 11) is 0. The van der Waals surface area contributed by atoms with Crippen LogP contribution in [-0.4, -0.2) is 24.0 Å². The van der Waals surface area contributed by atoms with Gasteiger partial charge in [-0.2, -0.15) is 0 Å². The van der Waals surface area contributed by atoms with Gasteiger partial charge in [0.05, 0.1) is 0 Å². The predicted octanol–water partition coefficient (Wildman–Crippen LogP) is 3.77. The topological polar surface area (TPSA) is 54.0 Å². The lowest BCUT2D eigenvalue weighted by Gasteiger charge is -2.28. The minimum Gasteiger partial charge on any atom is -0.326 e. The minimum absolute atomic E-state index is 0.102. The second-order valence-electron chi connectivity index (χ2n) is 6.25. The number of aromatic nitrogens is 1. The van der Waals surface area contributed by atoms with Crippen molar-refractivity contribution in [2.24, 2.45) is 11.8 Å². The van der Waals surface area contributed by atoms with E-state index in [1.807, 2.05) is 29.6 Å². The fraction of sp³-hybridized carbons (Fsp3) is 0.444. The van der Waals surface area contributed by atoms with E-state index in [2.05, 4.69) is 22.5 Å². The summed E-state index contributed by atoms with van der Waals surface area (Å²) >= 11 is 1.62. The number of nitrogens with one attached hydrogen (secondary N) is 2. The molecule has 1 saturated heterocycles. The maximum Gasteiger partial charge on any atom is 0.224 e. The molecule has 0 saturated carbocycles. The molecule has 0 spiro atoms. The summed E-state index contributed by atoms with van der Waals surface area (Å²) in [5.74, 6) is 1.13. The van der Waals surface area contributed by atoms with Crippen LogP contribution in [0.5, 0.6) is 0 Å². The number of amides is 1. The highest BCUT2D eigenvalue weighted by molar-refractivity contribution is 7.13. The molecule has 4 nitrogen and oxygen atoms in total. The van der Waals surface area contributed by atoms with E-state index in [1.165, 1.54) is 12.8 Å². The highest BCUT2D eigenvalue weighted by Gasteiger charge is 2.22. The van der Waals surface area contributed by atoms with E-state index in [0.29, 0.717) is 18.3 Å². The number of piperidine rings is 1. The van der Waals surface area contributed by atoms with Gasteiger partial charge >= 0.3 is 0 Å². The third-order valence-electron chi connectivity index (χ3n) is 4.50. The summed E-state index contributed by atoms with van der Waals surface area (Å²) in [4.78, 5) is 16.5. The maximum absolute atomic E-state index is 12.2. The molecule has 2 unspecified atom stereocenters. The Morgan fingerprint density at radius 1 is 1.43 bits per heavy atom. The normalized spacial score (nSPS) is 19.3. The van der Waals surface area contributed by atoms with Crippen molar-refractivity contribution in [1.29, 1.82) is 0 Å². The van der Waals surface area contributed by atoms with Crippen LogP contribution in [0.3, 0.4) is 0 Å². The lowest BCUT2D eigenvalue weighted by Crippen LogP contribution is -2.34. The van der Waals surface area contributed by atoms with E-state index < -0.39 is 0 Å². The lowest BCUT2D eigenvalue weighted by atomic mass is 9.85. The molecule has 1 fully saturated rings. The van der Waals surface area contributed by atoms with Crippen molar-refractivity contribution in [2.75, 3.05) is 18.4 Å². The van der Waals surface area contributed by atoms with Crippen LogP contribution in [0.25, 0.3) is 10.6 Å². The fourth-order valence-corrected chi connectivity index (χ4v) is 3.74. The molecule has 2 N–H and O–H groups in total. The van der Waals surface area contributed by atoms with Gasteiger partial charge < -0.3 is 10.6 Å². The quantitative estimate of drug-likeness (QED) is 0.878. The van der Waals surface area contributed by atoms with Gasteiger partial charge in [0.1, 0.15) is 5.01 Å². The van der Waals surface area contributed by atoms with Crippen LogP contribution >= 0.6 is 11.3 Å². The smallest absolute Gasteiger partial charge is 0.224 e. The number of nitrogens with zero attached hydrogens (tertiary/aromatic N) is 1. The van der Waals surface area contributed by atoms with Crippen LogP contribution in [0.1, 0.15) is 26.2 Å². The SMILES string of the molecule is CC(CC(=O)Nc1ccc(-c2nccs2)cc1)C1CCCNC1. The summed E-state index contributed by atoms with van der Waals surface area (Å²) in [6.07, 6.45) is 4.83. The Morgan fingerprint density at radius 2 is 2.26 bits per heavy atom. The number of hydrogen-bond acceptors (Lipinski definition) is 4. The zero-order valence-corrected chi connectivity index (χ0v) is 14.2. The van der Waals surface area contributed by atoms with E-state index in [9.17, 15) is 4.79 Å². The zero-order valence-electron chi connectivity index (χ0n) is 13.4. The number of thiazole rings is 1. The molecule has 1 aliphatic heterocycles. The van der Waals surface area contributed by atoms with Gasteiger partial charge in [-0.3, -0.25) is 4.79 Å². The van der Waals surface area contributed by atoms with Gasteiger partial charge in [0, 0.05) is 29.2 Å². The van der Waals surface area contributed by atoms with Crippen molar-refractivity contribution in [3.63, 3.8) is 0 Å². The number of hydrogen-bond donors (Lipinski definition) is 2. The van der Waals surface area contributed by atoms with Crippen molar-refractivity contribution in [1.82, 2.24) is 10.3 Å². The molecule has 0 aliphatic carbocycles. The molecule has 1 aliphatic rings. The van der Waals surface area contributed by atoms with Crippen molar-refractivity contribution in [2.45, 2.75) is 26.2 Å². The molecule has 1 amide bonds. The summed E-state index contributed by atoms with van der Waals surface area (Å²) in [6, 6.07) is 7.90. The van der Waals surface area contributed by atoms with Crippen LogP contribution < -0.4 is 10.6 Å². The molecule has 0 bridgehead atoms. The molecular formula is C18H23N3OS. The molecule has 1 aromatic carbocycles. The number of benzene rings is 1. The molecule has 122 valence electrons. The Hall–Kier alpha value is -1.72. The van der Waals surface area contributed by atoms with E-state index in [4.69, 9.17) is 0 Å². The summed E-state index contributed by atoms with van der Waals surface area (Å²) in [5, 5.41) is 9.40. The van der Waals surface area contributed by atoms with E-state index >= 15 is 0 Å². The molecule has 2 heterocycles. The van der Waals surface area contributed by atoms with Crippen molar-refractivity contribution >= 4 is 22.9 Å². The molecule has 2 aromatic rings. The average Bonchev–Trinajstić information content (AvgIpc) is 3.11. The van der Waals surface area contributed by atoms with E-state index in [-0.39, 0.29) is 5.91 Å². The van der Waals surface area contributed by atoms with Crippen LogP contribution in [0.4, 0.5) is 5.69 Å². The van der Waals surface area contributed by atoms with Gasteiger partial charge in [0.25, 0.3) is 0 Å². The van der Waals surface area contributed by atoms with Crippen molar-refractivity contribution < 1.29 is 4.79 Å². The van der Waals surface area contributed by atoms with Gasteiger partial charge in [-0.1, -0.05) is 6.92 Å². The molecule has 1 aromatic heterocycles. The Morgan fingerprint density at radius 3 is 2.91 bits per heavy atom. The van der Waals surface area contributed by atoms with Gasteiger partial charge in [0.2, 0.25) is 5.91 Å². The number of carbonyl (C=O) groups is 1. The zero-order chi connectivity index (χ0) is 16.1. The Bertz CT molecular complexity index is 618. The summed E-state index contributed by atoms with van der Waals surface area (Å²) in [5.41, 5.74) is 1.93. The second kappa shape index (κ2) is 7.70. The average molecular weight is 329 g/mol. The standard InChI is InChI=1S/C18H23N3OS/c1-13(15-3-2-8-19-12-15)11-17(22)21-16-6-4-14(5-7-16)18-20-9-10-23-18/h4-7,9-10,13,15,19H,2-3,8,11-12H2,1H3,(H,21,22). The maximum atomic E-state index is 12.2. The van der Waals surface area contributed by atoms with Gasteiger partial charge in [-0.15, -0.1) is 11.3 Å². The second-order valence-corrected chi connectivity index (χ2v) is 7.15. The number of anilines is 1. The van der Waals surface area contributed by atoms with Gasteiger partial charge in [0.15, 0.2) is 0 Å². The molecule has 5 heteroatoms. The van der Waals surface area contributed by atoms with Crippen LogP contribution in [0, 0.1) is 11.8 Å². The number of carbonyl (C=O) groups excluding carboxylic acids is 1. The summed E-state index contributed by atoms with van der Waals surface area (Å²) < 4.78 is 0. The van der Waals surface area contributed by atoms with E-state index in [1.54, 1.807) is 17.5 Å². The van der Waals surface area contributed by atoms with Crippen molar-refractivity contribution in [3.05, 3.63) is 35.8 Å². The van der Waals surface area contributed by atoms with Crippen LogP contribution in [-0.2, 0) is 4.79 Å². The Kier molecular flexibility index (Phi) is 5.41. The van der Waals surface area contributed by atoms with Crippen LogP contribution in [0.15, 0.2) is 35.8 Å². The fourth-order valence-electron chi connectivity index (χ4n) is 3.10. The highest BCUT2D eigenvalue weighted by atomic mass is 32.1. The van der Waals surface area contributed by atoms with E-state index in [0.717, 1.165) is 29.3 Å². The first-order valence-electron chi connectivity index (χ1n) is 8.23. The predicted molar refractivity (Wildman–Crippen MR) is 95.6 cm³/mol. The monoisotopic (exact) mass is 329 g/mol. The Labute approximate surface area is 141 Å². The molecule has 2 atom stereocenters. The number of rotatable bonds is 5. The van der Waals surface area contributed by atoms with Gasteiger partial charge in [-0.05, 0) is 62.0 Å². The van der Waals surface area contributed by atoms with Crippen molar-refractivity contribution in [3.8, 4) is 10.6 Å². The first kappa shape index (κ1) is 16.1. The highest BCUT2D eigenvalue weighted by Crippen LogP contribution is 2.25. The third-order valence-corrected chi connectivity index (χ3v) is 5.32. The first-order chi connectivity index (χ1) is 11.2. The molecular weight excluding hydrogens is 306 g/mol. The molecule has 3 rings (SSSR count). The van der Waals surface area contributed by atoms with Crippen LogP contribution in [0.2, 0.25) is 0 Å². The summed E-state index contributed by atoms with van der Waals surface area (Å²) in [6.45, 7) is 4.33. The lowest BCUT2D eigenvalue weighted by molar-refractivity contribution is -0.117. The molecule has 23 heavy (non-hydrogen) atoms. The first-order valence-corrected chi connectivity index (χ1v) is 9.11. The third kappa shape index (κ3) is 4.39. The minimum atomic E-state index is 0.102.